The average Bonchev–Trinajstić information content (AvgIpc) is 2.68. The smallest absolute Gasteiger partial charge is 0.239 e. The van der Waals surface area contributed by atoms with Crippen molar-refractivity contribution in [2.75, 3.05) is 19.0 Å². The minimum absolute atomic E-state index is 0.299. The van der Waals surface area contributed by atoms with Gasteiger partial charge in [-0.05, 0) is 61.6 Å². The molecule has 0 spiro atoms. The van der Waals surface area contributed by atoms with Crippen molar-refractivity contribution in [1.29, 1.82) is 0 Å². The molecule has 0 heterocycles. The summed E-state index contributed by atoms with van der Waals surface area (Å²) in [5, 5.41) is 5.70. The number of methoxy groups -OCH3 is 1. The second kappa shape index (κ2) is 9.40. The van der Waals surface area contributed by atoms with Gasteiger partial charge in [0, 0.05) is 12.2 Å². The molecule has 0 bridgehead atoms. The van der Waals surface area contributed by atoms with E-state index in [0.29, 0.717) is 24.6 Å². The lowest BCUT2D eigenvalue weighted by atomic mass is 9.90. The molecule has 2 amide bonds. The average molecular weight is 383 g/mol. The number of nitrogens with one attached hydrogen (secondary N) is 2. The number of anilines is 1. The molecule has 0 radical (unpaired) electrons. The van der Waals surface area contributed by atoms with E-state index in [2.05, 4.69) is 24.5 Å². The molecule has 0 aliphatic carbocycles. The Balaban J connectivity index is 1.90. The quantitative estimate of drug-likeness (QED) is 0.674. The standard InChI is InChI=1S/C23H30N2O3/c1-16(2)18-9-11-19(12-10-18)25-22(27)23(3,4)21(26)24-14-13-17-7-6-8-20(15-17)28-5/h6-12,15-16H,13-14H2,1-5H3,(H,24,26)(H,25,27). The number of hydrogen-bond acceptors (Lipinski definition) is 3. The third-order valence-corrected chi connectivity index (χ3v) is 4.80. The molecule has 28 heavy (non-hydrogen) atoms. The van der Waals surface area contributed by atoms with E-state index in [1.807, 2.05) is 48.5 Å². The molecular weight excluding hydrogens is 352 g/mol. The van der Waals surface area contributed by atoms with E-state index < -0.39 is 5.41 Å². The van der Waals surface area contributed by atoms with Gasteiger partial charge in [-0.3, -0.25) is 9.59 Å². The number of ether oxygens (including phenoxy) is 1. The van der Waals surface area contributed by atoms with Crippen molar-refractivity contribution in [1.82, 2.24) is 5.32 Å². The topological polar surface area (TPSA) is 67.4 Å². The van der Waals surface area contributed by atoms with Gasteiger partial charge in [-0.15, -0.1) is 0 Å². The van der Waals surface area contributed by atoms with Crippen LogP contribution >= 0.6 is 0 Å². The zero-order chi connectivity index (χ0) is 20.7. The van der Waals surface area contributed by atoms with E-state index >= 15 is 0 Å². The molecule has 150 valence electrons. The molecule has 0 atom stereocenters. The Labute approximate surface area is 167 Å². The molecule has 0 saturated carbocycles. The molecular formula is C23H30N2O3. The van der Waals surface area contributed by atoms with Crippen molar-refractivity contribution in [3.8, 4) is 5.75 Å². The van der Waals surface area contributed by atoms with Crippen molar-refractivity contribution in [2.24, 2.45) is 5.41 Å². The Morgan fingerprint density at radius 3 is 2.32 bits per heavy atom. The summed E-state index contributed by atoms with van der Waals surface area (Å²) in [5.41, 5.74) is 1.77. The monoisotopic (exact) mass is 382 g/mol. The Bertz CT molecular complexity index is 811. The molecule has 2 rings (SSSR count). The highest BCUT2D eigenvalue weighted by Crippen LogP contribution is 2.21. The van der Waals surface area contributed by atoms with Crippen LogP contribution in [0.2, 0.25) is 0 Å². The van der Waals surface area contributed by atoms with E-state index in [0.717, 1.165) is 11.3 Å². The lowest BCUT2D eigenvalue weighted by molar-refractivity contribution is -0.138. The molecule has 2 aromatic rings. The Morgan fingerprint density at radius 1 is 1.04 bits per heavy atom. The van der Waals surface area contributed by atoms with Crippen molar-refractivity contribution < 1.29 is 14.3 Å². The predicted molar refractivity (Wildman–Crippen MR) is 113 cm³/mol. The minimum atomic E-state index is -1.18. The van der Waals surface area contributed by atoms with Crippen molar-refractivity contribution in [3.05, 3.63) is 59.7 Å². The van der Waals surface area contributed by atoms with E-state index in [1.165, 1.54) is 5.56 Å². The fourth-order valence-corrected chi connectivity index (χ4v) is 2.71. The molecule has 2 N–H and O–H groups in total. The van der Waals surface area contributed by atoms with E-state index in [-0.39, 0.29) is 11.8 Å². The Morgan fingerprint density at radius 2 is 1.71 bits per heavy atom. The van der Waals surface area contributed by atoms with E-state index in [1.54, 1.807) is 21.0 Å². The van der Waals surface area contributed by atoms with Gasteiger partial charge in [0.15, 0.2) is 0 Å². The first-order valence-corrected chi connectivity index (χ1v) is 9.56. The second-order valence-electron chi connectivity index (χ2n) is 7.71. The highest BCUT2D eigenvalue weighted by Gasteiger charge is 2.35. The van der Waals surface area contributed by atoms with Crippen molar-refractivity contribution in [3.63, 3.8) is 0 Å². The van der Waals surface area contributed by atoms with Gasteiger partial charge < -0.3 is 15.4 Å². The molecule has 0 aromatic heterocycles. The largest absolute Gasteiger partial charge is 0.497 e. The third-order valence-electron chi connectivity index (χ3n) is 4.80. The highest BCUT2D eigenvalue weighted by molar-refractivity contribution is 6.09. The van der Waals surface area contributed by atoms with Gasteiger partial charge in [-0.25, -0.2) is 0 Å². The van der Waals surface area contributed by atoms with Crippen LogP contribution in [0.5, 0.6) is 5.75 Å². The fraction of sp³-hybridized carbons (Fsp3) is 0.391. The van der Waals surface area contributed by atoms with Crippen LogP contribution in [0.15, 0.2) is 48.5 Å². The van der Waals surface area contributed by atoms with Crippen molar-refractivity contribution in [2.45, 2.75) is 40.0 Å². The number of carbonyl (C=O) groups is 2. The Hall–Kier alpha value is -2.82. The van der Waals surface area contributed by atoms with E-state index in [9.17, 15) is 9.59 Å². The van der Waals surface area contributed by atoms with Crippen LogP contribution < -0.4 is 15.4 Å². The zero-order valence-electron chi connectivity index (χ0n) is 17.3. The lowest BCUT2D eigenvalue weighted by Crippen LogP contribution is -2.45. The Kier molecular flexibility index (Phi) is 7.21. The first-order chi connectivity index (χ1) is 13.2. The van der Waals surface area contributed by atoms with Gasteiger partial charge in [0.25, 0.3) is 0 Å². The number of benzene rings is 2. The maximum absolute atomic E-state index is 12.6. The number of carbonyl (C=O) groups excluding carboxylic acids is 2. The van der Waals surface area contributed by atoms with Crippen LogP contribution in [0, 0.1) is 5.41 Å². The first-order valence-electron chi connectivity index (χ1n) is 9.56. The molecule has 0 unspecified atom stereocenters. The number of rotatable bonds is 8. The normalized spacial score (nSPS) is 11.2. The molecule has 0 aliphatic rings. The number of amides is 2. The fourth-order valence-electron chi connectivity index (χ4n) is 2.71. The van der Waals surface area contributed by atoms with Crippen LogP contribution in [0.1, 0.15) is 44.7 Å². The predicted octanol–water partition coefficient (Wildman–Crippen LogP) is 4.14. The maximum Gasteiger partial charge on any atom is 0.239 e. The molecule has 0 saturated heterocycles. The number of hydrogen-bond donors (Lipinski definition) is 2. The third kappa shape index (κ3) is 5.59. The van der Waals surface area contributed by atoms with E-state index in [4.69, 9.17) is 4.74 Å². The lowest BCUT2D eigenvalue weighted by Gasteiger charge is -2.23. The summed E-state index contributed by atoms with van der Waals surface area (Å²) < 4.78 is 5.20. The van der Waals surface area contributed by atoms with Crippen LogP contribution in [0.3, 0.4) is 0 Å². The molecule has 5 nitrogen and oxygen atoms in total. The van der Waals surface area contributed by atoms with Gasteiger partial charge in [0.05, 0.1) is 7.11 Å². The summed E-state index contributed by atoms with van der Waals surface area (Å²) in [4.78, 5) is 25.2. The second-order valence-corrected chi connectivity index (χ2v) is 7.71. The van der Waals surface area contributed by atoms with Gasteiger partial charge >= 0.3 is 0 Å². The molecule has 2 aromatic carbocycles. The zero-order valence-corrected chi connectivity index (χ0v) is 17.3. The highest BCUT2D eigenvalue weighted by atomic mass is 16.5. The molecule has 5 heteroatoms. The summed E-state index contributed by atoms with van der Waals surface area (Å²) in [7, 11) is 1.62. The van der Waals surface area contributed by atoms with Gasteiger partial charge in [0.2, 0.25) is 11.8 Å². The van der Waals surface area contributed by atoms with Crippen LogP contribution in [0.25, 0.3) is 0 Å². The van der Waals surface area contributed by atoms with Gasteiger partial charge in [0.1, 0.15) is 11.2 Å². The van der Waals surface area contributed by atoms with Gasteiger partial charge in [-0.1, -0.05) is 38.1 Å². The van der Waals surface area contributed by atoms with Crippen LogP contribution in [-0.4, -0.2) is 25.5 Å². The summed E-state index contributed by atoms with van der Waals surface area (Å²) in [6, 6.07) is 15.4. The summed E-state index contributed by atoms with van der Waals surface area (Å²) >= 11 is 0. The SMILES string of the molecule is COc1cccc(CCNC(=O)C(C)(C)C(=O)Nc2ccc(C(C)C)cc2)c1. The first kappa shape index (κ1) is 21.5. The summed E-state index contributed by atoms with van der Waals surface area (Å²) in [6.07, 6.45) is 0.664. The summed E-state index contributed by atoms with van der Waals surface area (Å²) in [5.74, 6) is 0.582. The van der Waals surface area contributed by atoms with Crippen LogP contribution in [0.4, 0.5) is 5.69 Å². The van der Waals surface area contributed by atoms with Crippen LogP contribution in [-0.2, 0) is 16.0 Å². The summed E-state index contributed by atoms with van der Waals surface area (Å²) in [6.45, 7) is 7.95. The molecule has 0 fully saturated rings. The van der Waals surface area contributed by atoms with Gasteiger partial charge in [-0.2, -0.15) is 0 Å². The minimum Gasteiger partial charge on any atom is -0.497 e. The van der Waals surface area contributed by atoms with Crippen molar-refractivity contribution >= 4 is 17.5 Å². The maximum atomic E-state index is 12.6. The molecule has 0 aliphatic heterocycles.